The Morgan fingerprint density at radius 1 is 1.28 bits per heavy atom. The monoisotopic (exact) mass is 526 g/mol. The minimum atomic E-state index is -0.329. The normalized spacial score (nSPS) is 21.1. The molecule has 9 heteroatoms. The molecule has 1 fully saturated rings. The number of nitrogens with one attached hydrogen (secondary N) is 3. The van der Waals surface area contributed by atoms with E-state index in [0.717, 1.165) is 54.3 Å². The average Bonchev–Trinajstić information content (AvgIpc) is 3.43. The van der Waals surface area contributed by atoms with Crippen LogP contribution in [0, 0.1) is 23.2 Å². The highest BCUT2D eigenvalue weighted by Crippen LogP contribution is 2.53. The molecule has 204 valence electrons. The number of carbonyl (C=O) groups is 1. The van der Waals surface area contributed by atoms with Gasteiger partial charge in [0.2, 0.25) is 0 Å². The number of hydrogen-bond acceptors (Lipinski definition) is 7. The van der Waals surface area contributed by atoms with Crippen LogP contribution >= 0.6 is 0 Å². The first-order valence-corrected chi connectivity index (χ1v) is 13.8. The lowest BCUT2D eigenvalue weighted by Gasteiger charge is -2.46. The van der Waals surface area contributed by atoms with Crippen LogP contribution in [0.1, 0.15) is 80.1 Å². The van der Waals surface area contributed by atoms with Gasteiger partial charge in [0, 0.05) is 37.7 Å². The number of carbonyl (C=O) groups excluding carboxylic acids is 1. The maximum absolute atomic E-state index is 13.5. The highest BCUT2D eigenvalue weighted by molar-refractivity contribution is 6.03. The second kappa shape index (κ2) is 10.4. The van der Waals surface area contributed by atoms with Gasteiger partial charge in [0.25, 0.3) is 5.91 Å². The summed E-state index contributed by atoms with van der Waals surface area (Å²) in [6.07, 6.45) is 3.89. The zero-order valence-electron chi connectivity index (χ0n) is 23.5. The molecular formula is C30H38N8O. The van der Waals surface area contributed by atoms with E-state index in [9.17, 15) is 10.1 Å². The maximum Gasteiger partial charge on any atom is 0.274 e. The molecule has 1 saturated carbocycles. The smallest absolute Gasteiger partial charge is 0.274 e. The first-order chi connectivity index (χ1) is 18.6. The van der Waals surface area contributed by atoms with Crippen molar-refractivity contribution in [1.29, 1.82) is 5.26 Å². The van der Waals surface area contributed by atoms with Gasteiger partial charge in [0.15, 0.2) is 0 Å². The number of hydrogen-bond donors (Lipinski definition) is 3. The van der Waals surface area contributed by atoms with Crippen molar-refractivity contribution in [1.82, 2.24) is 25.1 Å². The van der Waals surface area contributed by atoms with E-state index < -0.39 is 0 Å². The highest BCUT2D eigenvalue weighted by atomic mass is 16.1. The summed E-state index contributed by atoms with van der Waals surface area (Å²) in [5.74, 6) is 1.51. The van der Waals surface area contributed by atoms with Crippen LogP contribution in [0.3, 0.4) is 0 Å². The molecule has 0 radical (unpaired) electrons. The molecule has 3 aromatic rings. The molecule has 0 spiro atoms. The van der Waals surface area contributed by atoms with Gasteiger partial charge in [0.1, 0.15) is 17.8 Å². The molecule has 2 aromatic heterocycles. The Bertz CT molecular complexity index is 1410. The number of pyridine rings is 1. The van der Waals surface area contributed by atoms with Gasteiger partial charge in [-0.15, -0.1) is 10.2 Å². The van der Waals surface area contributed by atoms with E-state index in [0.29, 0.717) is 36.2 Å². The molecule has 39 heavy (non-hydrogen) atoms. The number of aromatic nitrogens is 4. The van der Waals surface area contributed by atoms with E-state index in [-0.39, 0.29) is 16.7 Å². The summed E-state index contributed by atoms with van der Waals surface area (Å²) in [5, 5.41) is 27.9. The second-order valence-corrected chi connectivity index (χ2v) is 12.2. The summed E-state index contributed by atoms with van der Waals surface area (Å²) in [5.41, 5.74) is 4.73. The van der Waals surface area contributed by atoms with E-state index in [1.54, 1.807) is 6.33 Å². The Kier molecular flexibility index (Phi) is 7.17. The Labute approximate surface area is 230 Å². The molecule has 3 heterocycles. The standard InChI is InChI=1S/C30H38N8O/c1-19(2)15-32-16-21-11-24(36-26-25(21)33-17-29(26,3)4)27(39)35-23-8-6-7-22(12-23)30(13-20(14-30)9-10-31)28-37-34-18-38(28)5/h6-8,11-12,18-20,32-33H,9,13-17H2,1-5H3,(H,35,39)/t20-,30+. The van der Waals surface area contributed by atoms with Crippen molar-refractivity contribution in [2.45, 2.75) is 64.3 Å². The molecule has 0 atom stereocenters. The molecule has 2 aliphatic rings. The fourth-order valence-electron chi connectivity index (χ4n) is 5.98. The van der Waals surface area contributed by atoms with Gasteiger partial charge in [-0.05, 0) is 60.5 Å². The summed E-state index contributed by atoms with van der Waals surface area (Å²) in [7, 11) is 1.95. The van der Waals surface area contributed by atoms with Crippen molar-refractivity contribution < 1.29 is 4.79 Å². The second-order valence-electron chi connectivity index (χ2n) is 12.2. The Morgan fingerprint density at radius 3 is 2.77 bits per heavy atom. The average molecular weight is 527 g/mol. The third kappa shape index (κ3) is 5.13. The predicted octanol–water partition coefficient (Wildman–Crippen LogP) is 4.52. The number of benzene rings is 1. The van der Waals surface area contributed by atoms with Gasteiger partial charge < -0.3 is 20.5 Å². The highest BCUT2D eigenvalue weighted by Gasteiger charge is 2.49. The number of amides is 1. The quantitative estimate of drug-likeness (QED) is 0.375. The Hall–Kier alpha value is -3.77. The van der Waals surface area contributed by atoms with Crippen LogP contribution in [0.15, 0.2) is 36.7 Å². The number of anilines is 2. The largest absolute Gasteiger partial charge is 0.382 e. The van der Waals surface area contributed by atoms with Crippen LogP contribution in [0.2, 0.25) is 0 Å². The lowest BCUT2D eigenvalue weighted by atomic mass is 9.57. The van der Waals surface area contributed by atoms with Crippen LogP contribution in [-0.4, -0.2) is 38.7 Å². The minimum absolute atomic E-state index is 0.162. The van der Waals surface area contributed by atoms with E-state index >= 15 is 0 Å². The van der Waals surface area contributed by atoms with E-state index in [4.69, 9.17) is 4.98 Å². The molecule has 5 rings (SSSR count). The molecule has 3 N–H and O–H groups in total. The van der Waals surface area contributed by atoms with Crippen LogP contribution in [0.25, 0.3) is 0 Å². The molecule has 0 bridgehead atoms. The van der Waals surface area contributed by atoms with Crippen LogP contribution in [0.4, 0.5) is 11.4 Å². The van der Waals surface area contributed by atoms with E-state index in [1.807, 2.05) is 35.9 Å². The first kappa shape index (κ1) is 26.8. The Balaban J connectivity index is 1.42. The zero-order valence-corrected chi connectivity index (χ0v) is 23.5. The fraction of sp³-hybridized carbons (Fsp3) is 0.500. The van der Waals surface area contributed by atoms with Gasteiger partial charge in [-0.3, -0.25) is 4.79 Å². The molecule has 1 aliphatic carbocycles. The number of rotatable bonds is 9. The minimum Gasteiger partial charge on any atom is -0.382 e. The van der Waals surface area contributed by atoms with Crippen molar-refractivity contribution in [3.05, 3.63) is 65.0 Å². The third-order valence-electron chi connectivity index (χ3n) is 8.02. The van der Waals surface area contributed by atoms with Crippen LogP contribution in [0.5, 0.6) is 0 Å². The van der Waals surface area contributed by atoms with Crippen molar-refractivity contribution in [3.63, 3.8) is 0 Å². The number of nitriles is 1. The molecular weight excluding hydrogens is 488 g/mol. The third-order valence-corrected chi connectivity index (χ3v) is 8.02. The van der Waals surface area contributed by atoms with E-state index in [1.165, 1.54) is 0 Å². The summed E-state index contributed by atoms with van der Waals surface area (Å²) in [4.78, 5) is 18.4. The molecule has 0 saturated heterocycles. The zero-order chi connectivity index (χ0) is 27.8. The SMILES string of the molecule is CC(C)CNCc1cc(C(=O)Nc2cccc([C@]3(c4nncn4C)C[C@@H](CC#N)C3)c2)nc2c1NCC2(C)C. The van der Waals surface area contributed by atoms with Crippen molar-refractivity contribution in [3.8, 4) is 6.07 Å². The van der Waals surface area contributed by atoms with Crippen LogP contribution < -0.4 is 16.0 Å². The maximum atomic E-state index is 13.5. The van der Waals surface area contributed by atoms with Crippen LogP contribution in [-0.2, 0) is 24.4 Å². The predicted molar refractivity (Wildman–Crippen MR) is 151 cm³/mol. The molecule has 9 nitrogen and oxygen atoms in total. The lowest BCUT2D eigenvalue weighted by molar-refractivity contribution is 0.102. The fourth-order valence-corrected chi connectivity index (χ4v) is 5.98. The summed E-state index contributed by atoms with van der Waals surface area (Å²) >= 11 is 0. The van der Waals surface area contributed by atoms with Crippen molar-refractivity contribution >= 4 is 17.3 Å². The summed E-state index contributed by atoms with van der Waals surface area (Å²) in [6, 6.07) is 12.2. The summed E-state index contributed by atoms with van der Waals surface area (Å²) in [6.45, 7) is 11.0. The van der Waals surface area contributed by atoms with Crippen molar-refractivity contribution in [2.75, 3.05) is 23.7 Å². The lowest BCUT2D eigenvalue weighted by Crippen LogP contribution is -2.44. The van der Waals surface area contributed by atoms with Gasteiger partial charge in [-0.1, -0.05) is 39.8 Å². The summed E-state index contributed by atoms with van der Waals surface area (Å²) < 4.78 is 1.95. The molecule has 1 aromatic carbocycles. The van der Waals surface area contributed by atoms with Gasteiger partial charge in [0.05, 0.1) is 22.9 Å². The van der Waals surface area contributed by atoms with E-state index in [2.05, 4.69) is 66.0 Å². The van der Waals surface area contributed by atoms with Gasteiger partial charge in [-0.2, -0.15) is 5.26 Å². The molecule has 0 unspecified atom stereocenters. The molecule has 1 aliphatic heterocycles. The number of aryl methyl sites for hydroxylation is 1. The molecule has 1 amide bonds. The number of fused-ring (bicyclic) bond motifs is 1. The number of nitrogens with zero attached hydrogens (tertiary/aromatic N) is 5. The Morgan fingerprint density at radius 2 is 2.08 bits per heavy atom. The first-order valence-electron chi connectivity index (χ1n) is 13.8. The van der Waals surface area contributed by atoms with Gasteiger partial charge >= 0.3 is 0 Å². The van der Waals surface area contributed by atoms with Crippen molar-refractivity contribution in [2.24, 2.45) is 18.9 Å². The topological polar surface area (TPSA) is 121 Å². The van der Waals surface area contributed by atoms with Gasteiger partial charge in [-0.25, -0.2) is 4.98 Å².